The van der Waals surface area contributed by atoms with Crippen LogP contribution in [0.15, 0.2) is 28.7 Å². The van der Waals surface area contributed by atoms with Crippen molar-refractivity contribution in [3.8, 4) is 11.3 Å². The topological polar surface area (TPSA) is 98.1 Å². The summed E-state index contributed by atoms with van der Waals surface area (Å²) in [5.41, 5.74) is 0.692. The Morgan fingerprint density at radius 3 is 2.90 bits per heavy atom. The lowest BCUT2D eigenvalue weighted by molar-refractivity contribution is -0.384. The summed E-state index contributed by atoms with van der Waals surface area (Å²) >= 11 is 3.18. The van der Waals surface area contributed by atoms with E-state index in [0.717, 1.165) is 0 Å². The first-order chi connectivity index (χ1) is 9.52. The summed E-state index contributed by atoms with van der Waals surface area (Å²) in [6, 6.07) is 6.04. The number of aromatic amines is 1. The van der Waals surface area contributed by atoms with Crippen LogP contribution >= 0.6 is 15.9 Å². The summed E-state index contributed by atoms with van der Waals surface area (Å²) in [6.07, 6.45) is 0. The molecule has 0 amide bonds. The predicted molar refractivity (Wildman–Crippen MR) is 74.3 cm³/mol. The van der Waals surface area contributed by atoms with Crippen molar-refractivity contribution in [1.82, 2.24) is 10.2 Å². The minimum absolute atomic E-state index is 0.0960. The van der Waals surface area contributed by atoms with Crippen molar-refractivity contribution in [3.63, 3.8) is 0 Å². The molecule has 0 aliphatic carbocycles. The SMILES string of the molecule is CCOC(=O)c1cc(-c2ccc(Br)cc2[N+](=O)[O-])n[nH]1. The van der Waals surface area contributed by atoms with Crippen LogP contribution in [-0.2, 0) is 4.74 Å². The van der Waals surface area contributed by atoms with E-state index in [1.807, 2.05) is 0 Å². The van der Waals surface area contributed by atoms with E-state index in [2.05, 4.69) is 26.1 Å². The van der Waals surface area contributed by atoms with Gasteiger partial charge in [0, 0.05) is 10.5 Å². The molecule has 0 atom stereocenters. The number of halogens is 1. The first-order valence-corrected chi connectivity index (χ1v) is 6.49. The van der Waals surface area contributed by atoms with Crippen molar-refractivity contribution in [2.45, 2.75) is 6.92 Å². The predicted octanol–water partition coefficient (Wildman–Crippen LogP) is 2.92. The first-order valence-electron chi connectivity index (χ1n) is 5.69. The van der Waals surface area contributed by atoms with Crippen LogP contribution in [0.5, 0.6) is 0 Å². The van der Waals surface area contributed by atoms with Crippen LogP contribution < -0.4 is 0 Å². The molecule has 0 unspecified atom stereocenters. The fourth-order valence-electron chi connectivity index (χ4n) is 1.65. The summed E-state index contributed by atoms with van der Waals surface area (Å²) in [7, 11) is 0. The van der Waals surface area contributed by atoms with E-state index in [0.29, 0.717) is 15.7 Å². The maximum Gasteiger partial charge on any atom is 0.356 e. The second-order valence-corrected chi connectivity index (χ2v) is 4.72. The smallest absolute Gasteiger partial charge is 0.356 e. The first kappa shape index (κ1) is 14.2. The summed E-state index contributed by atoms with van der Waals surface area (Å²) < 4.78 is 5.41. The number of aromatic nitrogens is 2. The number of benzene rings is 1. The third-order valence-corrected chi connectivity index (χ3v) is 3.00. The molecule has 0 saturated carbocycles. The van der Waals surface area contributed by atoms with Gasteiger partial charge in [-0.05, 0) is 25.1 Å². The Morgan fingerprint density at radius 1 is 1.50 bits per heavy atom. The van der Waals surface area contributed by atoms with Crippen LogP contribution in [0.25, 0.3) is 11.3 Å². The van der Waals surface area contributed by atoms with Gasteiger partial charge in [-0.2, -0.15) is 5.10 Å². The van der Waals surface area contributed by atoms with E-state index in [1.165, 1.54) is 12.1 Å². The Morgan fingerprint density at radius 2 is 2.25 bits per heavy atom. The van der Waals surface area contributed by atoms with Gasteiger partial charge in [-0.3, -0.25) is 15.2 Å². The van der Waals surface area contributed by atoms with Crippen molar-refractivity contribution in [1.29, 1.82) is 0 Å². The van der Waals surface area contributed by atoms with E-state index in [9.17, 15) is 14.9 Å². The molecule has 2 aromatic rings. The van der Waals surface area contributed by atoms with Crippen LogP contribution in [0, 0.1) is 10.1 Å². The molecule has 20 heavy (non-hydrogen) atoms. The zero-order valence-corrected chi connectivity index (χ0v) is 12.0. The number of nitrogens with zero attached hydrogens (tertiary/aromatic N) is 2. The van der Waals surface area contributed by atoms with E-state index in [4.69, 9.17) is 4.74 Å². The second-order valence-electron chi connectivity index (χ2n) is 3.81. The quantitative estimate of drug-likeness (QED) is 0.524. The molecule has 7 nitrogen and oxygen atoms in total. The standard InChI is InChI=1S/C12H10BrN3O4/c1-2-20-12(17)10-6-9(14-15-10)8-4-3-7(13)5-11(8)16(18)19/h3-6H,2H2,1H3,(H,14,15). The van der Waals surface area contributed by atoms with Crippen molar-refractivity contribution in [3.05, 3.63) is 44.5 Å². The lowest BCUT2D eigenvalue weighted by atomic mass is 10.1. The Balaban J connectivity index is 2.42. The largest absolute Gasteiger partial charge is 0.461 e. The molecule has 0 bridgehead atoms. The van der Waals surface area contributed by atoms with E-state index >= 15 is 0 Å². The molecule has 2 rings (SSSR count). The highest BCUT2D eigenvalue weighted by Crippen LogP contribution is 2.31. The van der Waals surface area contributed by atoms with Crippen LogP contribution in [0.2, 0.25) is 0 Å². The zero-order chi connectivity index (χ0) is 14.7. The maximum absolute atomic E-state index is 11.5. The van der Waals surface area contributed by atoms with Crippen LogP contribution in [0.3, 0.4) is 0 Å². The average molecular weight is 340 g/mol. The Bertz CT molecular complexity index is 668. The lowest BCUT2D eigenvalue weighted by Crippen LogP contribution is -2.04. The van der Waals surface area contributed by atoms with E-state index in [-0.39, 0.29) is 18.0 Å². The minimum atomic E-state index is -0.550. The van der Waals surface area contributed by atoms with Gasteiger partial charge < -0.3 is 4.74 Å². The molecule has 0 spiro atoms. The Labute approximate surface area is 122 Å². The Hall–Kier alpha value is -2.22. The van der Waals surface area contributed by atoms with Gasteiger partial charge in [0.25, 0.3) is 5.69 Å². The van der Waals surface area contributed by atoms with Crippen molar-refractivity contribution in [2.24, 2.45) is 0 Å². The van der Waals surface area contributed by atoms with E-state index < -0.39 is 10.9 Å². The minimum Gasteiger partial charge on any atom is -0.461 e. The number of hydrogen-bond acceptors (Lipinski definition) is 5. The summed E-state index contributed by atoms with van der Waals surface area (Å²) in [5, 5.41) is 17.5. The Kier molecular flexibility index (Phi) is 4.14. The third kappa shape index (κ3) is 2.85. The van der Waals surface area contributed by atoms with Crippen molar-refractivity contribution in [2.75, 3.05) is 6.61 Å². The van der Waals surface area contributed by atoms with Crippen LogP contribution in [-0.4, -0.2) is 27.7 Å². The number of nitro groups is 1. The molecule has 8 heteroatoms. The third-order valence-electron chi connectivity index (χ3n) is 2.51. The molecule has 0 aliphatic heterocycles. The molecule has 1 N–H and O–H groups in total. The van der Waals surface area contributed by atoms with Gasteiger partial charge in [-0.1, -0.05) is 15.9 Å². The fraction of sp³-hybridized carbons (Fsp3) is 0.167. The summed E-state index contributed by atoms with van der Waals surface area (Å²) in [5.74, 6) is -0.550. The number of rotatable bonds is 4. The molecule has 0 aliphatic rings. The number of carbonyl (C=O) groups is 1. The summed E-state index contributed by atoms with van der Waals surface area (Å²) in [6.45, 7) is 1.93. The van der Waals surface area contributed by atoms with Gasteiger partial charge in [0.15, 0.2) is 0 Å². The van der Waals surface area contributed by atoms with Crippen molar-refractivity contribution >= 4 is 27.6 Å². The van der Waals surface area contributed by atoms with Crippen LogP contribution in [0.1, 0.15) is 17.4 Å². The monoisotopic (exact) mass is 339 g/mol. The molecule has 104 valence electrons. The average Bonchev–Trinajstić information content (AvgIpc) is 2.88. The van der Waals surface area contributed by atoms with Gasteiger partial charge in [0.1, 0.15) is 5.69 Å². The van der Waals surface area contributed by atoms with Gasteiger partial charge in [0.05, 0.1) is 22.8 Å². The van der Waals surface area contributed by atoms with E-state index in [1.54, 1.807) is 19.1 Å². The van der Waals surface area contributed by atoms with Crippen LogP contribution in [0.4, 0.5) is 5.69 Å². The van der Waals surface area contributed by atoms with Gasteiger partial charge in [0.2, 0.25) is 0 Å². The molecule has 1 aromatic carbocycles. The summed E-state index contributed by atoms with van der Waals surface area (Å²) in [4.78, 5) is 22.1. The highest BCUT2D eigenvalue weighted by molar-refractivity contribution is 9.10. The fourth-order valence-corrected chi connectivity index (χ4v) is 1.99. The molecule has 0 saturated heterocycles. The number of ether oxygens (including phenoxy) is 1. The zero-order valence-electron chi connectivity index (χ0n) is 10.4. The van der Waals surface area contributed by atoms with Gasteiger partial charge in [-0.15, -0.1) is 0 Å². The number of esters is 1. The number of H-pyrrole nitrogens is 1. The second kappa shape index (κ2) is 5.83. The van der Waals surface area contributed by atoms with Crippen molar-refractivity contribution < 1.29 is 14.5 Å². The van der Waals surface area contributed by atoms with Gasteiger partial charge in [-0.25, -0.2) is 4.79 Å². The molecule has 1 heterocycles. The molecule has 0 radical (unpaired) electrons. The number of nitro benzene ring substituents is 1. The molecular weight excluding hydrogens is 330 g/mol. The van der Waals surface area contributed by atoms with Gasteiger partial charge >= 0.3 is 5.97 Å². The highest BCUT2D eigenvalue weighted by Gasteiger charge is 2.19. The number of carbonyl (C=O) groups excluding carboxylic acids is 1. The number of nitrogens with one attached hydrogen (secondary N) is 1. The lowest BCUT2D eigenvalue weighted by Gasteiger charge is -1.99. The normalized spacial score (nSPS) is 10.3. The number of hydrogen-bond donors (Lipinski definition) is 1. The molecular formula is C12H10BrN3O4. The molecule has 0 fully saturated rings. The molecule has 1 aromatic heterocycles. The highest BCUT2D eigenvalue weighted by atomic mass is 79.9. The maximum atomic E-state index is 11.5.